The fourth-order valence-corrected chi connectivity index (χ4v) is 2.11. The lowest BCUT2D eigenvalue weighted by Crippen LogP contribution is -2.49. The third-order valence-corrected chi connectivity index (χ3v) is 2.91. The van der Waals surface area contributed by atoms with Gasteiger partial charge in [-0.1, -0.05) is 12.2 Å². The molecule has 0 unspecified atom stereocenters. The Morgan fingerprint density at radius 2 is 2.35 bits per heavy atom. The number of hydrogen-bond acceptors (Lipinski definition) is 5. The van der Waals surface area contributed by atoms with E-state index in [1.54, 1.807) is 12.3 Å². The van der Waals surface area contributed by atoms with Crippen molar-refractivity contribution in [2.24, 2.45) is 5.73 Å². The molecule has 2 rings (SSSR count). The van der Waals surface area contributed by atoms with Crippen LogP contribution in [0, 0.1) is 0 Å². The zero-order valence-corrected chi connectivity index (χ0v) is 10.8. The monoisotopic (exact) mass is 252 g/mol. The molecule has 92 valence electrons. The first kappa shape index (κ1) is 12.2. The minimum absolute atomic E-state index is 0.191. The van der Waals surface area contributed by atoms with Crippen molar-refractivity contribution in [3.05, 3.63) is 17.8 Å². The quantitative estimate of drug-likeness (QED) is 0.783. The second-order valence-corrected chi connectivity index (χ2v) is 5.10. The van der Waals surface area contributed by atoms with E-state index in [0.717, 1.165) is 24.5 Å². The lowest BCUT2D eigenvalue weighted by Gasteiger charge is -2.39. The molecule has 0 aliphatic carbocycles. The molecule has 0 spiro atoms. The van der Waals surface area contributed by atoms with Crippen molar-refractivity contribution in [2.75, 3.05) is 24.6 Å². The molecular weight excluding hydrogens is 236 g/mol. The molecule has 1 aromatic heterocycles. The largest absolute Gasteiger partial charge is 0.389 e. The van der Waals surface area contributed by atoms with Gasteiger partial charge in [0.1, 0.15) is 4.99 Å². The Morgan fingerprint density at radius 1 is 1.59 bits per heavy atom. The van der Waals surface area contributed by atoms with Crippen LogP contribution < -0.4 is 10.6 Å². The standard InChI is InChI=1S/C11H16N4OS/c1-11(2)7-15(5-6-16-11)10-8(9(12)17)3-4-13-14-10/h3-4H,5-7H2,1-2H3,(H2,12,17). The second kappa shape index (κ2) is 4.54. The number of morpholine rings is 1. The third kappa shape index (κ3) is 2.70. The van der Waals surface area contributed by atoms with Crippen molar-refractivity contribution in [3.63, 3.8) is 0 Å². The molecule has 5 nitrogen and oxygen atoms in total. The van der Waals surface area contributed by atoms with Gasteiger partial charge in [0.2, 0.25) is 0 Å². The number of nitrogens with two attached hydrogens (primary N) is 1. The summed E-state index contributed by atoms with van der Waals surface area (Å²) in [5, 5.41) is 8.05. The highest BCUT2D eigenvalue weighted by atomic mass is 32.1. The number of rotatable bonds is 2. The molecule has 2 heterocycles. The van der Waals surface area contributed by atoms with Gasteiger partial charge in [-0.2, -0.15) is 5.10 Å². The summed E-state index contributed by atoms with van der Waals surface area (Å²) in [5.74, 6) is 0.747. The van der Waals surface area contributed by atoms with Gasteiger partial charge in [-0.25, -0.2) is 0 Å². The average molecular weight is 252 g/mol. The first-order chi connectivity index (χ1) is 7.99. The van der Waals surface area contributed by atoms with E-state index in [0.29, 0.717) is 11.6 Å². The minimum atomic E-state index is -0.191. The predicted molar refractivity (Wildman–Crippen MR) is 70.2 cm³/mol. The molecule has 1 saturated heterocycles. The van der Waals surface area contributed by atoms with Gasteiger partial charge in [0.05, 0.1) is 24.0 Å². The number of thiocarbonyl (C=S) groups is 1. The third-order valence-electron chi connectivity index (χ3n) is 2.69. The van der Waals surface area contributed by atoms with E-state index in [4.69, 9.17) is 22.7 Å². The van der Waals surface area contributed by atoms with Gasteiger partial charge in [-0.05, 0) is 19.9 Å². The average Bonchev–Trinajstić information content (AvgIpc) is 2.27. The maximum Gasteiger partial charge on any atom is 0.161 e. The van der Waals surface area contributed by atoms with Gasteiger partial charge in [-0.3, -0.25) is 0 Å². The van der Waals surface area contributed by atoms with Crippen molar-refractivity contribution < 1.29 is 4.74 Å². The second-order valence-electron chi connectivity index (χ2n) is 4.66. The highest BCUT2D eigenvalue weighted by molar-refractivity contribution is 7.80. The number of hydrogen-bond donors (Lipinski definition) is 1. The first-order valence-electron chi connectivity index (χ1n) is 5.50. The highest BCUT2D eigenvalue weighted by Crippen LogP contribution is 2.23. The number of aromatic nitrogens is 2. The maximum atomic E-state index is 5.69. The van der Waals surface area contributed by atoms with E-state index in [-0.39, 0.29) is 5.60 Å². The highest BCUT2D eigenvalue weighted by Gasteiger charge is 2.29. The summed E-state index contributed by atoms with van der Waals surface area (Å²) >= 11 is 5.03. The summed E-state index contributed by atoms with van der Waals surface area (Å²) in [7, 11) is 0. The molecule has 0 aromatic carbocycles. The van der Waals surface area contributed by atoms with Crippen LogP contribution in [0.15, 0.2) is 12.3 Å². The normalized spacial score (nSPS) is 19.1. The van der Waals surface area contributed by atoms with E-state index in [9.17, 15) is 0 Å². The molecule has 6 heteroatoms. The van der Waals surface area contributed by atoms with Crippen LogP contribution in [0.5, 0.6) is 0 Å². The Balaban J connectivity index is 2.30. The Kier molecular flexibility index (Phi) is 3.26. The molecule has 1 aliphatic rings. The van der Waals surface area contributed by atoms with Crippen LogP contribution in [0.3, 0.4) is 0 Å². The van der Waals surface area contributed by atoms with Crippen LogP contribution in [0.2, 0.25) is 0 Å². The van der Waals surface area contributed by atoms with Crippen molar-refractivity contribution in [1.82, 2.24) is 10.2 Å². The summed E-state index contributed by atoms with van der Waals surface area (Å²) in [4.78, 5) is 2.46. The van der Waals surface area contributed by atoms with Crippen LogP contribution in [0.25, 0.3) is 0 Å². The van der Waals surface area contributed by atoms with Crippen molar-refractivity contribution in [3.8, 4) is 0 Å². The summed E-state index contributed by atoms with van der Waals surface area (Å²) in [6, 6.07) is 1.80. The fourth-order valence-electron chi connectivity index (χ4n) is 1.95. The molecule has 17 heavy (non-hydrogen) atoms. The van der Waals surface area contributed by atoms with E-state index in [1.807, 2.05) is 0 Å². The zero-order chi connectivity index (χ0) is 12.5. The molecule has 0 bridgehead atoms. The molecule has 1 aliphatic heterocycles. The van der Waals surface area contributed by atoms with Gasteiger partial charge in [0, 0.05) is 13.1 Å². The number of nitrogens with zero attached hydrogens (tertiary/aromatic N) is 3. The molecule has 1 aromatic rings. The smallest absolute Gasteiger partial charge is 0.161 e. The van der Waals surface area contributed by atoms with Crippen LogP contribution in [0.4, 0.5) is 5.82 Å². The van der Waals surface area contributed by atoms with E-state index < -0.39 is 0 Å². The summed E-state index contributed by atoms with van der Waals surface area (Å²) in [5.41, 5.74) is 6.27. The van der Waals surface area contributed by atoms with Gasteiger partial charge in [0.15, 0.2) is 5.82 Å². The van der Waals surface area contributed by atoms with Crippen molar-refractivity contribution >= 4 is 23.0 Å². The van der Waals surface area contributed by atoms with Gasteiger partial charge < -0.3 is 15.4 Å². The molecule has 2 N–H and O–H groups in total. The van der Waals surface area contributed by atoms with Crippen molar-refractivity contribution in [2.45, 2.75) is 19.4 Å². The van der Waals surface area contributed by atoms with E-state index >= 15 is 0 Å². The van der Waals surface area contributed by atoms with Gasteiger partial charge >= 0.3 is 0 Å². The summed E-state index contributed by atoms with van der Waals surface area (Å²) in [6.07, 6.45) is 1.60. The molecule has 0 saturated carbocycles. The van der Waals surface area contributed by atoms with Crippen LogP contribution >= 0.6 is 12.2 Å². The van der Waals surface area contributed by atoms with E-state index in [1.165, 1.54) is 0 Å². The minimum Gasteiger partial charge on any atom is -0.389 e. The summed E-state index contributed by atoms with van der Waals surface area (Å²) in [6.45, 7) is 6.30. The molecule has 1 fully saturated rings. The van der Waals surface area contributed by atoms with E-state index in [2.05, 4.69) is 28.9 Å². The Labute approximate surface area is 106 Å². The first-order valence-corrected chi connectivity index (χ1v) is 5.91. The predicted octanol–water partition coefficient (Wildman–Crippen LogP) is 0.726. The number of anilines is 1. The summed E-state index contributed by atoms with van der Waals surface area (Å²) < 4.78 is 5.66. The lowest BCUT2D eigenvalue weighted by atomic mass is 10.1. The fraction of sp³-hybridized carbons (Fsp3) is 0.545. The maximum absolute atomic E-state index is 5.69. The lowest BCUT2D eigenvalue weighted by molar-refractivity contribution is -0.0279. The SMILES string of the molecule is CC1(C)CN(c2nnccc2C(N)=S)CCO1. The zero-order valence-electron chi connectivity index (χ0n) is 10.0. The van der Waals surface area contributed by atoms with Crippen LogP contribution in [-0.4, -0.2) is 40.5 Å². The Hall–Kier alpha value is -1.27. The van der Waals surface area contributed by atoms with Crippen molar-refractivity contribution in [1.29, 1.82) is 0 Å². The Bertz CT molecular complexity index is 435. The van der Waals surface area contributed by atoms with Crippen LogP contribution in [-0.2, 0) is 4.74 Å². The molecule has 0 radical (unpaired) electrons. The topological polar surface area (TPSA) is 64.3 Å². The number of ether oxygens (including phenoxy) is 1. The van der Waals surface area contributed by atoms with Gasteiger partial charge in [0.25, 0.3) is 0 Å². The molecular formula is C11H16N4OS. The Morgan fingerprint density at radius 3 is 3.00 bits per heavy atom. The molecule has 0 atom stereocenters. The van der Waals surface area contributed by atoms with Crippen LogP contribution in [0.1, 0.15) is 19.4 Å². The van der Waals surface area contributed by atoms with Gasteiger partial charge in [-0.15, -0.1) is 5.10 Å². The molecule has 0 amide bonds.